The van der Waals surface area contributed by atoms with Gasteiger partial charge in [-0.05, 0) is 5.56 Å². The van der Waals surface area contributed by atoms with Crippen LogP contribution in [0.4, 0.5) is 0 Å². The number of ether oxygens (including phenoxy) is 1. The summed E-state index contributed by atoms with van der Waals surface area (Å²) in [5.41, 5.74) is 0.799. The van der Waals surface area contributed by atoms with Gasteiger partial charge in [0.05, 0.1) is 19.3 Å². The molecular weight excluding hydrogens is 246 g/mol. The van der Waals surface area contributed by atoms with Crippen LogP contribution in [0.25, 0.3) is 0 Å². The van der Waals surface area contributed by atoms with E-state index < -0.39 is 18.2 Å². The Morgan fingerprint density at radius 2 is 2.16 bits per heavy atom. The average molecular weight is 265 g/mol. The molecule has 5 heteroatoms. The molecule has 2 rings (SSSR count). The van der Waals surface area contributed by atoms with Crippen LogP contribution in [-0.4, -0.2) is 53.4 Å². The Morgan fingerprint density at radius 1 is 1.47 bits per heavy atom. The van der Waals surface area contributed by atoms with Crippen molar-refractivity contribution in [3.63, 3.8) is 0 Å². The van der Waals surface area contributed by atoms with Crippen molar-refractivity contribution in [1.29, 1.82) is 0 Å². The van der Waals surface area contributed by atoms with Crippen molar-refractivity contribution in [3.8, 4) is 0 Å². The third-order valence-corrected chi connectivity index (χ3v) is 3.45. The monoisotopic (exact) mass is 265 g/mol. The lowest BCUT2D eigenvalue weighted by Crippen LogP contribution is -2.39. The highest BCUT2D eigenvalue weighted by atomic mass is 16.5. The zero-order valence-electron chi connectivity index (χ0n) is 10.9. The van der Waals surface area contributed by atoms with Crippen LogP contribution < -0.4 is 0 Å². The molecule has 0 radical (unpaired) electrons. The molecule has 5 nitrogen and oxygen atoms in total. The number of esters is 1. The summed E-state index contributed by atoms with van der Waals surface area (Å²) in [5.74, 6) is -0.364. The van der Waals surface area contributed by atoms with E-state index in [4.69, 9.17) is 4.74 Å². The summed E-state index contributed by atoms with van der Waals surface area (Å²) in [6, 6.07) is 8.80. The number of hydrogen-bond donors (Lipinski definition) is 2. The predicted octanol–water partition coefficient (Wildman–Crippen LogP) is 0.328. The number of benzene rings is 1. The van der Waals surface area contributed by atoms with Gasteiger partial charge in [0.2, 0.25) is 0 Å². The number of β-amino-alcohol motifs (C(OH)–C–C–N with tert-alkyl or cyclic N) is 2. The van der Waals surface area contributed by atoms with Crippen molar-refractivity contribution in [1.82, 2.24) is 4.90 Å². The van der Waals surface area contributed by atoms with Crippen molar-refractivity contribution in [2.45, 2.75) is 24.7 Å². The van der Waals surface area contributed by atoms with E-state index >= 15 is 0 Å². The van der Waals surface area contributed by atoms with Gasteiger partial charge in [0.25, 0.3) is 0 Å². The molecule has 0 aromatic heterocycles. The molecule has 1 fully saturated rings. The minimum absolute atomic E-state index is 0.306. The number of rotatable bonds is 4. The fraction of sp³-hybridized carbons (Fsp3) is 0.500. The summed E-state index contributed by atoms with van der Waals surface area (Å²) in [7, 11) is 1.33. The Kier molecular flexibility index (Phi) is 4.52. The van der Waals surface area contributed by atoms with Gasteiger partial charge in [-0.2, -0.15) is 0 Å². The van der Waals surface area contributed by atoms with E-state index in [1.165, 1.54) is 7.11 Å². The largest absolute Gasteiger partial charge is 0.468 e. The van der Waals surface area contributed by atoms with E-state index in [1.54, 1.807) is 4.90 Å². The average Bonchev–Trinajstić information content (AvgIpc) is 2.79. The van der Waals surface area contributed by atoms with Crippen LogP contribution in [0.15, 0.2) is 30.3 Å². The Labute approximate surface area is 112 Å². The van der Waals surface area contributed by atoms with Crippen molar-refractivity contribution < 1.29 is 19.7 Å². The van der Waals surface area contributed by atoms with E-state index in [1.807, 2.05) is 30.3 Å². The van der Waals surface area contributed by atoms with E-state index in [0.29, 0.717) is 19.5 Å². The summed E-state index contributed by atoms with van der Waals surface area (Å²) >= 11 is 0. The van der Waals surface area contributed by atoms with Crippen LogP contribution in [0.1, 0.15) is 18.1 Å². The zero-order valence-corrected chi connectivity index (χ0v) is 10.9. The van der Waals surface area contributed by atoms with Gasteiger partial charge in [-0.15, -0.1) is 0 Å². The number of methoxy groups -OCH3 is 1. The summed E-state index contributed by atoms with van der Waals surface area (Å²) in [4.78, 5) is 13.4. The molecule has 1 heterocycles. The third-order valence-electron chi connectivity index (χ3n) is 3.45. The van der Waals surface area contributed by atoms with Crippen molar-refractivity contribution in [2.75, 3.05) is 20.2 Å². The molecule has 0 saturated carbocycles. The van der Waals surface area contributed by atoms with Crippen molar-refractivity contribution in [3.05, 3.63) is 35.9 Å². The Hall–Kier alpha value is -1.43. The van der Waals surface area contributed by atoms with Gasteiger partial charge in [0.15, 0.2) is 0 Å². The van der Waals surface area contributed by atoms with E-state index in [-0.39, 0.29) is 5.97 Å². The number of carbonyl (C=O) groups excluding carboxylic acids is 1. The molecule has 3 atom stereocenters. The first-order valence-electron chi connectivity index (χ1n) is 6.34. The molecule has 0 aliphatic carbocycles. The molecule has 2 N–H and O–H groups in total. The molecule has 19 heavy (non-hydrogen) atoms. The molecule has 1 aliphatic heterocycles. The summed E-state index contributed by atoms with van der Waals surface area (Å²) in [6.45, 7) is 0.685. The van der Waals surface area contributed by atoms with Crippen LogP contribution in [0, 0.1) is 0 Å². The van der Waals surface area contributed by atoms with Gasteiger partial charge in [0.1, 0.15) is 6.04 Å². The molecule has 0 spiro atoms. The highest BCUT2D eigenvalue weighted by Crippen LogP contribution is 2.23. The Bertz CT molecular complexity index is 423. The van der Waals surface area contributed by atoms with Gasteiger partial charge < -0.3 is 14.9 Å². The maximum Gasteiger partial charge on any atom is 0.323 e. The van der Waals surface area contributed by atoms with Gasteiger partial charge in [-0.1, -0.05) is 30.3 Å². The number of aliphatic hydroxyl groups is 2. The second-order valence-corrected chi connectivity index (χ2v) is 4.81. The van der Waals surface area contributed by atoms with Crippen LogP contribution in [0.2, 0.25) is 0 Å². The van der Waals surface area contributed by atoms with Crippen molar-refractivity contribution in [2.24, 2.45) is 0 Å². The topological polar surface area (TPSA) is 70.0 Å². The fourth-order valence-electron chi connectivity index (χ4n) is 2.47. The third kappa shape index (κ3) is 3.32. The number of carbonyl (C=O) groups is 1. The fourth-order valence-corrected chi connectivity index (χ4v) is 2.47. The minimum atomic E-state index is -0.682. The maximum absolute atomic E-state index is 11.6. The van der Waals surface area contributed by atoms with E-state index in [2.05, 4.69) is 0 Å². The minimum Gasteiger partial charge on any atom is -0.468 e. The van der Waals surface area contributed by atoms with Crippen LogP contribution in [0.5, 0.6) is 0 Å². The quantitative estimate of drug-likeness (QED) is 0.768. The normalized spacial score (nSPS) is 25.2. The molecule has 0 bridgehead atoms. The first-order valence-corrected chi connectivity index (χ1v) is 6.34. The van der Waals surface area contributed by atoms with Gasteiger partial charge in [0, 0.05) is 19.5 Å². The predicted molar refractivity (Wildman–Crippen MR) is 69.4 cm³/mol. The number of likely N-dealkylation sites (tertiary alicyclic amines) is 1. The molecule has 1 aliphatic rings. The Balaban J connectivity index is 2.03. The van der Waals surface area contributed by atoms with Crippen LogP contribution >= 0.6 is 0 Å². The number of hydrogen-bond acceptors (Lipinski definition) is 5. The zero-order chi connectivity index (χ0) is 13.8. The maximum atomic E-state index is 11.6. The van der Waals surface area contributed by atoms with Crippen LogP contribution in [0.3, 0.4) is 0 Å². The van der Waals surface area contributed by atoms with Crippen molar-refractivity contribution >= 4 is 5.97 Å². The molecule has 3 unspecified atom stereocenters. The number of nitrogens with zero attached hydrogens (tertiary/aromatic N) is 1. The van der Waals surface area contributed by atoms with E-state index in [9.17, 15) is 15.0 Å². The SMILES string of the molecule is COC(=O)C1CC(O)CN1CC(O)c1ccccc1. The lowest BCUT2D eigenvalue weighted by molar-refractivity contribution is -0.146. The molecule has 1 aromatic rings. The van der Waals surface area contributed by atoms with Crippen LogP contribution in [-0.2, 0) is 9.53 Å². The lowest BCUT2D eigenvalue weighted by Gasteiger charge is -2.24. The highest BCUT2D eigenvalue weighted by Gasteiger charge is 2.37. The highest BCUT2D eigenvalue weighted by molar-refractivity contribution is 5.76. The smallest absolute Gasteiger partial charge is 0.323 e. The van der Waals surface area contributed by atoms with Gasteiger partial charge in [-0.3, -0.25) is 9.69 Å². The standard InChI is InChI=1S/C14H19NO4/c1-19-14(18)12-7-11(16)8-15(12)9-13(17)10-5-3-2-4-6-10/h2-6,11-13,16-17H,7-9H2,1H3. The van der Waals surface area contributed by atoms with Gasteiger partial charge in [-0.25, -0.2) is 0 Å². The lowest BCUT2D eigenvalue weighted by atomic mass is 10.1. The molecule has 104 valence electrons. The Morgan fingerprint density at radius 3 is 2.79 bits per heavy atom. The molecule has 1 saturated heterocycles. The first-order chi connectivity index (χ1) is 9.11. The number of aliphatic hydroxyl groups excluding tert-OH is 2. The molecule has 1 aromatic carbocycles. The van der Waals surface area contributed by atoms with E-state index in [0.717, 1.165) is 5.56 Å². The molecular formula is C14H19NO4. The summed E-state index contributed by atoms with van der Waals surface area (Å²) < 4.78 is 4.73. The van der Waals surface area contributed by atoms with Gasteiger partial charge >= 0.3 is 5.97 Å². The summed E-state index contributed by atoms with van der Waals surface area (Å²) in [6.07, 6.45) is -0.875. The second-order valence-electron chi connectivity index (χ2n) is 4.81. The first kappa shape index (κ1) is 14.0. The summed E-state index contributed by atoms with van der Waals surface area (Å²) in [5, 5.41) is 19.8. The second kappa shape index (κ2) is 6.14. The molecule has 0 amide bonds.